The minimum Gasteiger partial charge on any atom is -0.479 e. The van der Waals surface area contributed by atoms with Crippen LogP contribution in [0.3, 0.4) is 0 Å². The molecule has 0 aliphatic carbocycles. The molecule has 2 aromatic heterocycles. The summed E-state index contributed by atoms with van der Waals surface area (Å²) in [7, 11) is 1.37. The third-order valence-electron chi connectivity index (χ3n) is 3.05. The van der Waals surface area contributed by atoms with Gasteiger partial charge < -0.3 is 15.2 Å². The zero-order chi connectivity index (χ0) is 15.6. The van der Waals surface area contributed by atoms with E-state index in [-0.39, 0.29) is 12.2 Å². The monoisotopic (exact) mass is 292 g/mol. The first-order valence-electron chi connectivity index (χ1n) is 6.23. The molecule has 0 aliphatic rings. The van der Waals surface area contributed by atoms with Crippen LogP contribution in [0.25, 0.3) is 5.65 Å². The average Bonchev–Trinajstić information content (AvgIpc) is 2.81. The molecule has 0 aliphatic heterocycles. The van der Waals surface area contributed by atoms with E-state index in [9.17, 15) is 14.7 Å². The number of hydrogen-bond donors (Lipinski definition) is 2. The number of aromatic nitrogens is 3. The summed E-state index contributed by atoms with van der Waals surface area (Å²) >= 11 is 0. The SMILES string of the molecule is COCC(C)(NC(=O)c1cnn2ccc(C)nc12)C(=O)O. The van der Waals surface area contributed by atoms with Crippen molar-refractivity contribution in [1.82, 2.24) is 19.9 Å². The highest BCUT2D eigenvalue weighted by Crippen LogP contribution is 2.12. The summed E-state index contributed by atoms with van der Waals surface area (Å²) in [6.07, 6.45) is 3.03. The van der Waals surface area contributed by atoms with Crippen LogP contribution < -0.4 is 5.32 Å². The van der Waals surface area contributed by atoms with E-state index >= 15 is 0 Å². The lowest BCUT2D eigenvalue weighted by Gasteiger charge is -2.24. The number of carbonyl (C=O) groups excluding carboxylic acids is 1. The molecule has 21 heavy (non-hydrogen) atoms. The Morgan fingerprint density at radius 3 is 2.86 bits per heavy atom. The summed E-state index contributed by atoms with van der Waals surface area (Å²) in [4.78, 5) is 27.8. The third kappa shape index (κ3) is 2.84. The van der Waals surface area contributed by atoms with Gasteiger partial charge in [-0.1, -0.05) is 0 Å². The Kier molecular flexibility index (Phi) is 3.90. The predicted octanol–water partition coefficient (Wildman–Crippen LogP) is 0.257. The number of hydrogen-bond acceptors (Lipinski definition) is 5. The Morgan fingerprint density at radius 1 is 1.52 bits per heavy atom. The number of ether oxygens (including phenoxy) is 1. The van der Waals surface area contributed by atoms with Gasteiger partial charge in [-0.2, -0.15) is 5.10 Å². The molecule has 112 valence electrons. The Hall–Kier alpha value is -2.48. The molecule has 8 heteroatoms. The quantitative estimate of drug-likeness (QED) is 0.818. The second kappa shape index (κ2) is 5.49. The molecule has 2 rings (SSSR count). The minimum absolute atomic E-state index is 0.153. The fourth-order valence-electron chi connectivity index (χ4n) is 1.88. The molecule has 0 fully saturated rings. The topological polar surface area (TPSA) is 106 Å². The number of fused-ring (bicyclic) bond motifs is 1. The molecule has 2 N–H and O–H groups in total. The fraction of sp³-hybridized carbons (Fsp3) is 0.385. The Balaban J connectivity index is 2.34. The molecule has 0 bridgehead atoms. The molecule has 1 unspecified atom stereocenters. The fourth-order valence-corrected chi connectivity index (χ4v) is 1.88. The number of nitrogens with zero attached hydrogens (tertiary/aromatic N) is 3. The molecule has 0 radical (unpaired) electrons. The van der Waals surface area contributed by atoms with Crippen molar-refractivity contribution in [3.63, 3.8) is 0 Å². The van der Waals surface area contributed by atoms with Crippen LogP contribution in [0.15, 0.2) is 18.5 Å². The number of rotatable bonds is 5. The standard InChI is InChI=1S/C13H16N4O4/c1-8-4-5-17-10(15-8)9(6-14-17)11(18)16-13(2,7-21-3)12(19)20/h4-6H,7H2,1-3H3,(H,16,18)(H,19,20). The summed E-state index contributed by atoms with van der Waals surface area (Å²) in [6, 6.07) is 1.76. The third-order valence-corrected chi connectivity index (χ3v) is 3.05. The highest BCUT2D eigenvalue weighted by Gasteiger charge is 2.36. The van der Waals surface area contributed by atoms with Gasteiger partial charge >= 0.3 is 5.97 Å². The van der Waals surface area contributed by atoms with Crippen molar-refractivity contribution >= 4 is 17.5 Å². The number of amides is 1. The van der Waals surface area contributed by atoms with Crippen LogP contribution in [0, 0.1) is 6.92 Å². The van der Waals surface area contributed by atoms with Crippen molar-refractivity contribution in [2.24, 2.45) is 0 Å². The first kappa shape index (κ1) is 14.9. The van der Waals surface area contributed by atoms with Crippen molar-refractivity contribution in [3.8, 4) is 0 Å². The lowest BCUT2D eigenvalue weighted by atomic mass is 10.0. The molecular weight excluding hydrogens is 276 g/mol. The van der Waals surface area contributed by atoms with Crippen molar-refractivity contribution < 1.29 is 19.4 Å². The summed E-state index contributed by atoms with van der Waals surface area (Å²) < 4.78 is 6.32. The van der Waals surface area contributed by atoms with Crippen molar-refractivity contribution in [3.05, 3.63) is 29.7 Å². The predicted molar refractivity (Wildman–Crippen MR) is 73.1 cm³/mol. The van der Waals surface area contributed by atoms with Crippen molar-refractivity contribution in [2.75, 3.05) is 13.7 Å². The molecule has 0 saturated heterocycles. The van der Waals surface area contributed by atoms with Crippen LogP contribution in [-0.4, -0.2) is 50.8 Å². The van der Waals surface area contributed by atoms with E-state index in [4.69, 9.17) is 4.74 Å². The molecule has 1 amide bonds. The van der Waals surface area contributed by atoms with E-state index < -0.39 is 17.4 Å². The lowest BCUT2D eigenvalue weighted by Crippen LogP contribution is -2.55. The molecular formula is C13H16N4O4. The summed E-state index contributed by atoms with van der Waals surface area (Å²) in [5.41, 5.74) is -0.209. The maximum Gasteiger partial charge on any atom is 0.331 e. The van der Waals surface area contributed by atoms with E-state index in [1.54, 1.807) is 19.2 Å². The average molecular weight is 292 g/mol. The Bertz CT molecular complexity index is 697. The molecule has 2 heterocycles. The summed E-state index contributed by atoms with van der Waals surface area (Å²) in [5, 5.41) is 15.7. The number of carboxylic acid groups (broad SMARTS) is 1. The van der Waals surface area contributed by atoms with Gasteiger partial charge in [0, 0.05) is 19.0 Å². The molecule has 8 nitrogen and oxygen atoms in total. The van der Waals surface area contributed by atoms with E-state index in [0.717, 1.165) is 5.69 Å². The number of methoxy groups -OCH3 is 1. The number of nitrogens with one attached hydrogen (secondary N) is 1. The molecule has 1 atom stereocenters. The zero-order valence-electron chi connectivity index (χ0n) is 12.0. The van der Waals surface area contributed by atoms with Gasteiger partial charge in [0.05, 0.1) is 12.8 Å². The van der Waals surface area contributed by atoms with Crippen LogP contribution in [0.5, 0.6) is 0 Å². The van der Waals surface area contributed by atoms with Gasteiger partial charge in [0.1, 0.15) is 5.56 Å². The van der Waals surface area contributed by atoms with Gasteiger partial charge in [0.25, 0.3) is 5.91 Å². The van der Waals surface area contributed by atoms with Gasteiger partial charge in [0.2, 0.25) is 0 Å². The van der Waals surface area contributed by atoms with Gasteiger partial charge in [0.15, 0.2) is 11.2 Å². The van der Waals surface area contributed by atoms with E-state index in [2.05, 4.69) is 15.4 Å². The van der Waals surface area contributed by atoms with Gasteiger partial charge in [-0.25, -0.2) is 14.3 Å². The zero-order valence-corrected chi connectivity index (χ0v) is 12.0. The number of carbonyl (C=O) groups is 2. The van der Waals surface area contributed by atoms with Crippen LogP contribution >= 0.6 is 0 Å². The van der Waals surface area contributed by atoms with E-state index in [1.165, 1.54) is 24.7 Å². The smallest absolute Gasteiger partial charge is 0.331 e. The largest absolute Gasteiger partial charge is 0.479 e. The lowest BCUT2D eigenvalue weighted by molar-refractivity contribution is -0.145. The normalized spacial score (nSPS) is 13.9. The molecule has 0 aromatic carbocycles. The molecule has 2 aromatic rings. The second-order valence-corrected chi connectivity index (χ2v) is 4.92. The van der Waals surface area contributed by atoms with Gasteiger partial charge in [-0.3, -0.25) is 4.79 Å². The highest BCUT2D eigenvalue weighted by atomic mass is 16.5. The van der Waals surface area contributed by atoms with Crippen LogP contribution in [0.4, 0.5) is 0 Å². The Labute approximate surface area is 120 Å². The van der Waals surface area contributed by atoms with Gasteiger partial charge in [-0.05, 0) is 19.9 Å². The minimum atomic E-state index is -1.52. The maximum atomic E-state index is 12.3. The number of aliphatic carboxylic acids is 1. The van der Waals surface area contributed by atoms with Gasteiger partial charge in [-0.15, -0.1) is 0 Å². The highest BCUT2D eigenvalue weighted by molar-refractivity contribution is 6.02. The van der Waals surface area contributed by atoms with E-state index in [1.807, 2.05) is 0 Å². The second-order valence-electron chi connectivity index (χ2n) is 4.92. The maximum absolute atomic E-state index is 12.3. The number of carboxylic acids is 1. The first-order chi connectivity index (χ1) is 9.87. The molecule has 0 spiro atoms. The van der Waals surface area contributed by atoms with Crippen molar-refractivity contribution in [2.45, 2.75) is 19.4 Å². The summed E-state index contributed by atoms with van der Waals surface area (Å²) in [6.45, 7) is 3.02. The van der Waals surface area contributed by atoms with Crippen molar-refractivity contribution in [1.29, 1.82) is 0 Å². The van der Waals surface area contributed by atoms with Crippen LogP contribution in [-0.2, 0) is 9.53 Å². The van der Waals surface area contributed by atoms with E-state index in [0.29, 0.717) is 5.65 Å². The van der Waals surface area contributed by atoms with Crippen LogP contribution in [0.2, 0.25) is 0 Å². The Morgan fingerprint density at radius 2 is 2.24 bits per heavy atom. The summed E-state index contributed by atoms with van der Waals surface area (Å²) in [5.74, 6) is -1.75. The number of aryl methyl sites for hydroxylation is 1. The first-order valence-corrected chi connectivity index (χ1v) is 6.23. The van der Waals surface area contributed by atoms with Crippen LogP contribution in [0.1, 0.15) is 23.0 Å². The molecule has 0 saturated carbocycles.